The van der Waals surface area contributed by atoms with E-state index in [0.717, 1.165) is 57.5 Å². The van der Waals surface area contributed by atoms with Crippen LogP contribution >= 0.6 is 24.0 Å². The van der Waals surface area contributed by atoms with Crippen molar-refractivity contribution in [2.45, 2.75) is 52.1 Å². The van der Waals surface area contributed by atoms with Gasteiger partial charge >= 0.3 is 0 Å². The van der Waals surface area contributed by atoms with Gasteiger partial charge in [0, 0.05) is 26.2 Å². The predicted octanol–water partition coefficient (Wildman–Crippen LogP) is 2.46. The van der Waals surface area contributed by atoms with Crippen molar-refractivity contribution < 1.29 is 4.74 Å². The molecule has 2 rings (SSSR count). The minimum Gasteiger partial charge on any atom is -0.373 e. The summed E-state index contributed by atoms with van der Waals surface area (Å²) in [5, 5.41) is 6.80. The third kappa shape index (κ3) is 7.56. The van der Waals surface area contributed by atoms with Crippen LogP contribution in [-0.2, 0) is 4.74 Å². The third-order valence-electron chi connectivity index (χ3n) is 4.81. The van der Waals surface area contributed by atoms with Crippen LogP contribution in [0.2, 0.25) is 0 Å². The average Bonchev–Trinajstić information content (AvgIpc) is 2.94. The highest BCUT2D eigenvalue weighted by molar-refractivity contribution is 14.0. The molecule has 2 fully saturated rings. The maximum Gasteiger partial charge on any atom is 0.191 e. The first-order valence-electron chi connectivity index (χ1n) is 9.00. The maximum atomic E-state index is 5.81. The minimum atomic E-state index is -0.0641. The smallest absolute Gasteiger partial charge is 0.191 e. The van der Waals surface area contributed by atoms with Crippen LogP contribution in [0.25, 0.3) is 0 Å². The quantitative estimate of drug-likeness (QED) is 0.380. The lowest BCUT2D eigenvalue weighted by Crippen LogP contribution is -2.44. The van der Waals surface area contributed by atoms with Gasteiger partial charge in [0.2, 0.25) is 0 Å². The standard InChI is InChI=1S/C17H34N4O.HI/c1-4-18-16(20-14-17(3)8-5-13-22-17)19-9-12-21-10-6-15(2)7-11-21;/h15H,4-14H2,1-3H3,(H2,18,19,20);1H. The largest absolute Gasteiger partial charge is 0.373 e. The topological polar surface area (TPSA) is 48.9 Å². The third-order valence-corrected chi connectivity index (χ3v) is 4.81. The van der Waals surface area contributed by atoms with E-state index in [9.17, 15) is 0 Å². The number of ether oxygens (including phenoxy) is 1. The van der Waals surface area contributed by atoms with Crippen molar-refractivity contribution in [1.82, 2.24) is 15.5 Å². The van der Waals surface area contributed by atoms with Gasteiger partial charge in [-0.05, 0) is 58.5 Å². The van der Waals surface area contributed by atoms with Gasteiger partial charge in [0.25, 0.3) is 0 Å². The van der Waals surface area contributed by atoms with E-state index in [1.165, 1.54) is 25.9 Å². The van der Waals surface area contributed by atoms with Gasteiger partial charge in [-0.2, -0.15) is 0 Å². The zero-order chi connectivity index (χ0) is 15.8. The van der Waals surface area contributed by atoms with E-state index in [2.05, 4.69) is 36.3 Å². The Morgan fingerprint density at radius 1 is 1.30 bits per heavy atom. The Kier molecular flexibility index (Phi) is 9.77. The van der Waals surface area contributed by atoms with Gasteiger partial charge in [0.1, 0.15) is 0 Å². The van der Waals surface area contributed by atoms with E-state index < -0.39 is 0 Å². The first-order chi connectivity index (χ1) is 10.6. The number of hydrogen-bond acceptors (Lipinski definition) is 3. The molecule has 2 aliphatic rings. The van der Waals surface area contributed by atoms with Crippen molar-refractivity contribution in [1.29, 1.82) is 0 Å². The molecule has 5 nitrogen and oxygen atoms in total. The van der Waals surface area contributed by atoms with Gasteiger partial charge in [-0.25, -0.2) is 0 Å². The van der Waals surface area contributed by atoms with Gasteiger partial charge in [-0.1, -0.05) is 6.92 Å². The van der Waals surface area contributed by atoms with Crippen LogP contribution in [0.4, 0.5) is 0 Å². The summed E-state index contributed by atoms with van der Waals surface area (Å²) >= 11 is 0. The van der Waals surface area contributed by atoms with Gasteiger partial charge in [-0.3, -0.25) is 4.99 Å². The summed E-state index contributed by atoms with van der Waals surface area (Å²) in [5.41, 5.74) is -0.0641. The molecule has 6 heteroatoms. The van der Waals surface area contributed by atoms with E-state index in [4.69, 9.17) is 9.73 Å². The molecule has 0 aromatic rings. The van der Waals surface area contributed by atoms with Gasteiger partial charge in [0.15, 0.2) is 5.96 Å². The van der Waals surface area contributed by atoms with E-state index in [-0.39, 0.29) is 29.6 Å². The van der Waals surface area contributed by atoms with E-state index in [1.807, 2.05) is 0 Å². The fraction of sp³-hybridized carbons (Fsp3) is 0.941. The molecule has 2 aliphatic heterocycles. The number of rotatable bonds is 6. The SMILES string of the molecule is CCNC(=NCC1(C)CCCO1)NCCN1CCC(C)CC1.I. The number of guanidine groups is 1. The Morgan fingerprint density at radius 3 is 2.65 bits per heavy atom. The van der Waals surface area contributed by atoms with Crippen molar-refractivity contribution >= 4 is 29.9 Å². The summed E-state index contributed by atoms with van der Waals surface area (Å²) in [5.74, 6) is 1.82. The number of piperidine rings is 1. The van der Waals surface area contributed by atoms with Crippen LogP contribution in [0.5, 0.6) is 0 Å². The average molecular weight is 438 g/mol. The molecule has 0 aliphatic carbocycles. The van der Waals surface area contributed by atoms with Crippen LogP contribution in [0, 0.1) is 5.92 Å². The summed E-state index contributed by atoms with van der Waals surface area (Å²) < 4.78 is 5.81. The summed E-state index contributed by atoms with van der Waals surface area (Å²) in [4.78, 5) is 7.27. The van der Waals surface area contributed by atoms with Crippen molar-refractivity contribution in [2.24, 2.45) is 10.9 Å². The first kappa shape index (κ1) is 21.0. The highest BCUT2D eigenvalue weighted by atomic mass is 127. The Morgan fingerprint density at radius 2 is 2.04 bits per heavy atom. The van der Waals surface area contributed by atoms with E-state index >= 15 is 0 Å². The van der Waals surface area contributed by atoms with E-state index in [0.29, 0.717) is 0 Å². The molecule has 23 heavy (non-hydrogen) atoms. The Balaban J connectivity index is 0.00000264. The zero-order valence-electron chi connectivity index (χ0n) is 15.1. The Bertz CT molecular complexity index is 351. The number of nitrogens with one attached hydrogen (secondary N) is 2. The molecule has 1 atom stereocenters. The molecule has 136 valence electrons. The molecular weight excluding hydrogens is 403 g/mol. The number of nitrogens with zero attached hydrogens (tertiary/aromatic N) is 2. The van der Waals surface area contributed by atoms with Crippen LogP contribution in [0.3, 0.4) is 0 Å². The molecule has 0 radical (unpaired) electrons. The second-order valence-corrected chi connectivity index (χ2v) is 7.05. The highest BCUT2D eigenvalue weighted by Gasteiger charge is 2.29. The fourth-order valence-electron chi connectivity index (χ4n) is 3.17. The lowest BCUT2D eigenvalue weighted by Gasteiger charge is -2.30. The van der Waals surface area contributed by atoms with Crippen LogP contribution in [-0.4, -0.2) is 62.3 Å². The molecule has 0 aromatic carbocycles. The van der Waals surface area contributed by atoms with Crippen LogP contribution < -0.4 is 10.6 Å². The van der Waals surface area contributed by atoms with Crippen molar-refractivity contribution in [3.8, 4) is 0 Å². The van der Waals surface area contributed by atoms with E-state index in [1.54, 1.807) is 0 Å². The lowest BCUT2D eigenvalue weighted by atomic mass is 9.99. The second kappa shape index (κ2) is 10.7. The van der Waals surface area contributed by atoms with Gasteiger partial charge < -0.3 is 20.3 Å². The minimum absolute atomic E-state index is 0. The molecule has 0 spiro atoms. The summed E-state index contributed by atoms with van der Waals surface area (Å²) in [6.45, 7) is 13.7. The lowest BCUT2D eigenvalue weighted by molar-refractivity contribution is 0.0283. The maximum absolute atomic E-state index is 5.81. The number of halogens is 1. The molecule has 0 aromatic heterocycles. The Hall–Kier alpha value is -0.0800. The summed E-state index contributed by atoms with van der Waals surface area (Å²) in [6.07, 6.45) is 4.94. The molecule has 0 saturated carbocycles. The summed E-state index contributed by atoms with van der Waals surface area (Å²) in [6, 6.07) is 0. The number of likely N-dealkylation sites (tertiary alicyclic amines) is 1. The Labute approximate surface area is 159 Å². The van der Waals surface area contributed by atoms with Crippen molar-refractivity contribution in [2.75, 3.05) is 45.9 Å². The highest BCUT2D eigenvalue weighted by Crippen LogP contribution is 2.24. The van der Waals surface area contributed by atoms with Crippen LogP contribution in [0.1, 0.15) is 46.5 Å². The molecular formula is C17H35IN4O. The number of hydrogen-bond donors (Lipinski definition) is 2. The van der Waals surface area contributed by atoms with Crippen LogP contribution in [0.15, 0.2) is 4.99 Å². The zero-order valence-corrected chi connectivity index (χ0v) is 17.4. The van der Waals surface area contributed by atoms with Gasteiger partial charge in [-0.15, -0.1) is 24.0 Å². The molecule has 0 amide bonds. The molecule has 2 saturated heterocycles. The monoisotopic (exact) mass is 438 g/mol. The molecule has 2 heterocycles. The predicted molar refractivity (Wildman–Crippen MR) is 108 cm³/mol. The van der Waals surface area contributed by atoms with Crippen molar-refractivity contribution in [3.05, 3.63) is 0 Å². The van der Waals surface area contributed by atoms with Crippen molar-refractivity contribution in [3.63, 3.8) is 0 Å². The molecule has 0 bridgehead atoms. The van der Waals surface area contributed by atoms with Gasteiger partial charge in [0.05, 0.1) is 12.1 Å². The molecule has 1 unspecified atom stereocenters. The number of aliphatic imine (C=N–C) groups is 1. The normalized spacial score (nSPS) is 26.8. The molecule has 2 N–H and O–H groups in total. The fourth-order valence-corrected chi connectivity index (χ4v) is 3.17. The second-order valence-electron chi connectivity index (χ2n) is 7.05. The summed E-state index contributed by atoms with van der Waals surface area (Å²) in [7, 11) is 0. The first-order valence-corrected chi connectivity index (χ1v) is 9.00.